The lowest BCUT2D eigenvalue weighted by Crippen LogP contribution is -2.31. The molecule has 1 heterocycles. The molecule has 19 heavy (non-hydrogen) atoms. The molecule has 0 amide bonds. The summed E-state index contributed by atoms with van der Waals surface area (Å²) in [4.78, 5) is 5.38. The van der Waals surface area contributed by atoms with Gasteiger partial charge in [0.25, 0.3) is 0 Å². The summed E-state index contributed by atoms with van der Waals surface area (Å²) in [5, 5.41) is 0. The molecule has 1 saturated heterocycles. The molecule has 2 rings (SSSR count). The molecule has 1 aliphatic rings. The highest BCUT2D eigenvalue weighted by Crippen LogP contribution is 2.09. The van der Waals surface area contributed by atoms with Crippen LogP contribution in [0.2, 0.25) is 0 Å². The van der Waals surface area contributed by atoms with Gasteiger partial charge in [-0.05, 0) is 44.6 Å². The molecule has 0 atom stereocenters. The van der Waals surface area contributed by atoms with E-state index in [-0.39, 0.29) is 0 Å². The first-order valence-electron chi connectivity index (χ1n) is 6.95. The highest BCUT2D eigenvalue weighted by molar-refractivity contribution is 7.80. The SMILES string of the molecule is CN(CCN1CCCC1)Cc1cccc(C(N)=S)c1. The summed E-state index contributed by atoms with van der Waals surface area (Å²) in [5.41, 5.74) is 7.90. The molecule has 0 radical (unpaired) electrons. The number of benzene rings is 1. The molecule has 0 saturated carbocycles. The van der Waals surface area contributed by atoms with Crippen molar-refractivity contribution >= 4 is 17.2 Å². The Bertz CT molecular complexity index is 427. The van der Waals surface area contributed by atoms with Crippen molar-refractivity contribution in [2.75, 3.05) is 33.2 Å². The number of hydrogen-bond acceptors (Lipinski definition) is 3. The molecule has 0 aromatic heterocycles. The molecule has 0 bridgehead atoms. The van der Waals surface area contributed by atoms with Gasteiger partial charge in [-0.25, -0.2) is 0 Å². The highest BCUT2D eigenvalue weighted by atomic mass is 32.1. The van der Waals surface area contributed by atoms with Crippen molar-refractivity contribution < 1.29 is 0 Å². The molecule has 2 N–H and O–H groups in total. The van der Waals surface area contributed by atoms with E-state index in [0.29, 0.717) is 4.99 Å². The number of likely N-dealkylation sites (N-methyl/N-ethyl adjacent to an activating group) is 1. The number of thiocarbonyl (C=S) groups is 1. The second-order valence-corrected chi connectivity index (χ2v) is 5.79. The van der Waals surface area contributed by atoms with Gasteiger partial charge in [-0.2, -0.15) is 0 Å². The molecular weight excluding hydrogens is 254 g/mol. The van der Waals surface area contributed by atoms with Crippen LogP contribution in [0.25, 0.3) is 0 Å². The predicted octanol–water partition coefficient (Wildman–Crippen LogP) is 1.85. The third kappa shape index (κ3) is 4.56. The molecule has 1 fully saturated rings. The zero-order valence-corrected chi connectivity index (χ0v) is 12.5. The van der Waals surface area contributed by atoms with Crippen LogP contribution >= 0.6 is 12.2 Å². The van der Waals surface area contributed by atoms with Crippen LogP contribution in [0.4, 0.5) is 0 Å². The molecule has 0 aliphatic carbocycles. The Hall–Kier alpha value is -0.970. The van der Waals surface area contributed by atoms with E-state index in [1.54, 1.807) is 0 Å². The van der Waals surface area contributed by atoms with Crippen molar-refractivity contribution in [1.29, 1.82) is 0 Å². The zero-order chi connectivity index (χ0) is 13.7. The molecule has 1 aliphatic heterocycles. The van der Waals surface area contributed by atoms with Gasteiger partial charge in [0.05, 0.1) is 0 Å². The van der Waals surface area contributed by atoms with Gasteiger partial charge in [0, 0.05) is 25.2 Å². The minimum atomic E-state index is 0.474. The minimum Gasteiger partial charge on any atom is -0.389 e. The molecule has 0 unspecified atom stereocenters. The average Bonchev–Trinajstić information content (AvgIpc) is 2.90. The summed E-state index contributed by atoms with van der Waals surface area (Å²) in [7, 11) is 2.17. The summed E-state index contributed by atoms with van der Waals surface area (Å²) in [6, 6.07) is 8.22. The predicted molar refractivity (Wildman–Crippen MR) is 84.3 cm³/mol. The Balaban J connectivity index is 1.82. The first-order chi connectivity index (χ1) is 9.15. The first-order valence-corrected chi connectivity index (χ1v) is 7.35. The average molecular weight is 277 g/mol. The van der Waals surface area contributed by atoms with Crippen molar-refractivity contribution in [3.8, 4) is 0 Å². The Kier molecular flexibility index (Phi) is 5.31. The van der Waals surface area contributed by atoms with Gasteiger partial charge in [0.15, 0.2) is 0 Å². The second kappa shape index (κ2) is 6.98. The lowest BCUT2D eigenvalue weighted by Gasteiger charge is -2.21. The van der Waals surface area contributed by atoms with Gasteiger partial charge in [-0.3, -0.25) is 0 Å². The van der Waals surface area contributed by atoms with Crippen LogP contribution in [0.3, 0.4) is 0 Å². The van der Waals surface area contributed by atoms with Gasteiger partial charge in [-0.15, -0.1) is 0 Å². The standard InChI is InChI=1S/C15H23N3S/c1-17(9-10-18-7-2-3-8-18)12-13-5-4-6-14(11-13)15(16)19/h4-6,11H,2-3,7-10,12H2,1H3,(H2,16,19). The number of rotatable bonds is 6. The quantitative estimate of drug-likeness (QED) is 0.804. The van der Waals surface area contributed by atoms with Crippen LogP contribution in [0.5, 0.6) is 0 Å². The fraction of sp³-hybridized carbons (Fsp3) is 0.533. The van der Waals surface area contributed by atoms with E-state index in [1.807, 2.05) is 12.1 Å². The summed E-state index contributed by atoms with van der Waals surface area (Å²) in [6.45, 7) is 5.77. The van der Waals surface area contributed by atoms with Gasteiger partial charge in [0.1, 0.15) is 4.99 Å². The van der Waals surface area contributed by atoms with E-state index in [2.05, 4.69) is 29.0 Å². The van der Waals surface area contributed by atoms with Crippen LogP contribution in [0.1, 0.15) is 24.0 Å². The van der Waals surface area contributed by atoms with Crippen molar-refractivity contribution in [3.05, 3.63) is 35.4 Å². The molecule has 3 nitrogen and oxygen atoms in total. The van der Waals surface area contributed by atoms with Crippen LogP contribution in [-0.4, -0.2) is 48.0 Å². The summed E-state index contributed by atoms with van der Waals surface area (Å²) >= 11 is 5.02. The maximum absolute atomic E-state index is 5.67. The highest BCUT2D eigenvalue weighted by Gasteiger charge is 2.11. The Labute approximate surface area is 121 Å². The maximum atomic E-state index is 5.67. The molecule has 0 spiro atoms. The van der Waals surface area contributed by atoms with E-state index < -0.39 is 0 Å². The van der Waals surface area contributed by atoms with Gasteiger partial charge in [-0.1, -0.05) is 30.4 Å². The summed E-state index contributed by atoms with van der Waals surface area (Å²) in [5.74, 6) is 0. The normalized spacial score (nSPS) is 16.1. The van der Waals surface area contributed by atoms with E-state index in [9.17, 15) is 0 Å². The van der Waals surface area contributed by atoms with E-state index in [0.717, 1.165) is 18.7 Å². The van der Waals surface area contributed by atoms with Crippen molar-refractivity contribution in [2.24, 2.45) is 5.73 Å². The Morgan fingerprint density at radius 3 is 2.79 bits per heavy atom. The number of nitrogens with two attached hydrogens (primary N) is 1. The van der Waals surface area contributed by atoms with Crippen molar-refractivity contribution in [2.45, 2.75) is 19.4 Å². The van der Waals surface area contributed by atoms with Gasteiger partial charge in [0.2, 0.25) is 0 Å². The lowest BCUT2D eigenvalue weighted by molar-refractivity contribution is 0.252. The summed E-state index contributed by atoms with van der Waals surface area (Å²) in [6.07, 6.45) is 2.72. The largest absolute Gasteiger partial charge is 0.389 e. The summed E-state index contributed by atoms with van der Waals surface area (Å²) < 4.78 is 0. The molecular formula is C15H23N3S. The monoisotopic (exact) mass is 277 g/mol. The second-order valence-electron chi connectivity index (χ2n) is 5.35. The van der Waals surface area contributed by atoms with E-state index in [1.165, 1.54) is 38.0 Å². The third-order valence-electron chi connectivity index (χ3n) is 3.66. The molecule has 4 heteroatoms. The Morgan fingerprint density at radius 2 is 2.11 bits per heavy atom. The van der Waals surface area contributed by atoms with Crippen molar-refractivity contribution in [3.63, 3.8) is 0 Å². The smallest absolute Gasteiger partial charge is 0.103 e. The number of hydrogen-bond donors (Lipinski definition) is 1. The number of nitrogens with zero attached hydrogens (tertiary/aromatic N) is 2. The first kappa shape index (κ1) is 14.4. The maximum Gasteiger partial charge on any atom is 0.103 e. The zero-order valence-electron chi connectivity index (χ0n) is 11.6. The van der Waals surface area contributed by atoms with Crippen LogP contribution in [-0.2, 0) is 6.54 Å². The van der Waals surface area contributed by atoms with E-state index in [4.69, 9.17) is 18.0 Å². The topological polar surface area (TPSA) is 32.5 Å². The van der Waals surface area contributed by atoms with Crippen molar-refractivity contribution in [1.82, 2.24) is 9.80 Å². The molecule has 1 aromatic carbocycles. The van der Waals surface area contributed by atoms with Gasteiger partial charge < -0.3 is 15.5 Å². The third-order valence-corrected chi connectivity index (χ3v) is 3.90. The fourth-order valence-corrected chi connectivity index (χ4v) is 2.66. The van der Waals surface area contributed by atoms with Crippen LogP contribution in [0, 0.1) is 0 Å². The van der Waals surface area contributed by atoms with E-state index >= 15 is 0 Å². The fourth-order valence-electron chi connectivity index (χ4n) is 2.53. The van der Waals surface area contributed by atoms with Gasteiger partial charge >= 0.3 is 0 Å². The van der Waals surface area contributed by atoms with Crippen LogP contribution in [0.15, 0.2) is 24.3 Å². The number of likely N-dealkylation sites (tertiary alicyclic amines) is 1. The van der Waals surface area contributed by atoms with Crippen LogP contribution < -0.4 is 5.73 Å². The molecule has 1 aromatic rings. The Morgan fingerprint density at radius 1 is 1.37 bits per heavy atom. The lowest BCUT2D eigenvalue weighted by atomic mass is 10.1. The minimum absolute atomic E-state index is 0.474. The molecule has 104 valence electrons.